The fraction of sp³-hybridized carbons (Fsp3) is 0.400. The van der Waals surface area contributed by atoms with Crippen molar-refractivity contribution in [1.82, 2.24) is 19.5 Å². The van der Waals surface area contributed by atoms with Gasteiger partial charge in [0.1, 0.15) is 17.6 Å². The van der Waals surface area contributed by atoms with Gasteiger partial charge in [0.05, 0.1) is 24.7 Å². The van der Waals surface area contributed by atoms with Gasteiger partial charge in [0.15, 0.2) is 17.2 Å². The Bertz CT molecular complexity index is 1110. The number of nitrogens with two attached hydrogens (primary N) is 1. The first-order valence-electron chi connectivity index (χ1n) is 9.97. The molecule has 0 spiro atoms. The third-order valence-corrected chi connectivity index (χ3v) is 5.57. The molecule has 0 atom stereocenters. The van der Waals surface area contributed by atoms with Crippen molar-refractivity contribution in [3.63, 3.8) is 0 Å². The lowest BCUT2D eigenvalue weighted by atomic mass is 10.1. The van der Waals surface area contributed by atoms with E-state index in [2.05, 4.69) is 15.0 Å². The second kappa shape index (κ2) is 10.00. The van der Waals surface area contributed by atoms with E-state index in [1.165, 1.54) is 19.3 Å². The first-order valence-corrected chi connectivity index (χ1v) is 11.8. The maximum atomic E-state index is 11.9. The topological polar surface area (TPSA) is 153 Å². The Morgan fingerprint density at radius 2 is 1.94 bits per heavy atom. The minimum Gasteiger partial charge on any atom is -0.493 e. The Kier molecular flexibility index (Phi) is 7.37. The number of imidazole rings is 1. The van der Waals surface area contributed by atoms with Gasteiger partial charge in [0.25, 0.3) is 0 Å². The van der Waals surface area contributed by atoms with E-state index in [0.717, 1.165) is 37.9 Å². The Labute approximate surface area is 179 Å². The molecule has 3 aromatic rings. The largest absolute Gasteiger partial charge is 0.493 e. The van der Waals surface area contributed by atoms with Gasteiger partial charge in [-0.15, -0.1) is 0 Å². The average molecular weight is 447 g/mol. The summed E-state index contributed by atoms with van der Waals surface area (Å²) in [4.78, 5) is 42.5. The predicted molar refractivity (Wildman–Crippen MR) is 116 cm³/mol. The quantitative estimate of drug-likeness (QED) is 0.229. The van der Waals surface area contributed by atoms with Crippen molar-refractivity contribution in [2.45, 2.75) is 45.3 Å². The lowest BCUT2D eigenvalue weighted by Crippen LogP contribution is -2.04. The van der Waals surface area contributed by atoms with Crippen LogP contribution < -0.4 is 10.5 Å². The molecule has 3 rings (SSSR count). The first kappa shape index (κ1) is 22.9. The molecule has 0 saturated heterocycles. The number of aromatic nitrogens is 4. The van der Waals surface area contributed by atoms with E-state index < -0.39 is 13.8 Å². The highest BCUT2D eigenvalue weighted by atomic mass is 31.2. The molecule has 0 amide bonds. The van der Waals surface area contributed by atoms with Crippen LogP contribution in [0.15, 0.2) is 30.9 Å². The SMILES string of the molecule is CC(=O)c1cc(CP(=O)(O)O)ccc1OCCCCCCn1cnc2c(N)ncnc21. The van der Waals surface area contributed by atoms with Gasteiger partial charge < -0.3 is 24.8 Å². The molecule has 0 aliphatic carbocycles. The third-order valence-electron chi connectivity index (χ3n) is 4.79. The zero-order valence-electron chi connectivity index (χ0n) is 17.3. The second-order valence-electron chi connectivity index (χ2n) is 7.34. The summed E-state index contributed by atoms with van der Waals surface area (Å²) < 4.78 is 18.9. The van der Waals surface area contributed by atoms with Crippen LogP contribution in [0.2, 0.25) is 0 Å². The number of carbonyl (C=O) groups excluding carboxylic acids is 1. The van der Waals surface area contributed by atoms with Crippen molar-refractivity contribution in [2.75, 3.05) is 12.3 Å². The molecule has 11 heteroatoms. The summed E-state index contributed by atoms with van der Waals surface area (Å²) in [5.74, 6) is 0.601. The number of Topliss-reactive ketones (excluding diaryl/α,β-unsaturated/α-hetero) is 1. The molecular formula is C20H26N5O5P. The zero-order chi connectivity index (χ0) is 22.4. The highest BCUT2D eigenvalue weighted by Gasteiger charge is 2.17. The number of unbranched alkanes of at least 4 members (excludes halogenated alkanes) is 3. The summed E-state index contributed by atoms with van der Waals surface area (Å²) >= 11 is 0. The second-order valence-corrected chi connectivity index (χ2v) is 8.99. The van der Waals surface area contributed by atoms with Crippen molar-refractivity contribution in [3.05, 3.63) is 42.0 Å². The highest BCUT2D eigenvalue weighted by Crippen LogP contribution is 2.39. The van der Waals surface area contributed by atoms with Crippen molar-refractivity contribution in [1.29, 1.82) is 0 Å². The van der Waals surface area contributed by atoms with Gasteiger partial charge in [0, 0.05) is 6.54 Å². The van der Waals surface area contributed by atoms with E-state index in [0.29, 0.717) is 34.8 Å². The number of fused-ring (bicyclic) bond motifs is 1. The third kappa shape index (κ3) is 6.33. The van der Waals surface area contributed by atoms with E-state index >= 15 is 0 Å². The molecule has 2 aromatic heterocycles. The predicted octanol–water partition coefficient (Wildman–Crippen LogP) is 2.93. The molecule has 0 aliphatic heterocycles. The van der Waals surface area contributed by atoms with Crippen LogP contribution >= 0.6 is 7.60 Å². The van der Waals surface area contributed by atoms with Gasteiger partial charge in [-0.3, -0.25) is 9.36 Å². The summed E-state index contributed by atoms with van der Waals surface area (Å²) in [6, 6.07) is 4.66. The minimum atomic E-state index is -4.20. The van der Waals surface area contributed by atoms with Crippen LogP contribution in [0.25, 0.3) is 11.2 Å². The standard InChI is InChI=1S/C20H26N5O5P/c1-14(26)16-10-15(11-31(27,28)29)6-7-17(16)30-9-5-3-2-4-8-25-13-24-18-19(21)22-12-23-20(18)25/h6-7,10,12-13H,2-5,8-9,11H2,1H3,(H2,21,22,23)(H2,27,28,29). The monoisotopic (exact) mass is 447 g/mol. The number of rotatable bonds is 11. The lowest BCUT2D eigenvalue weighted by molar-refractivity contribution is 0.101. The number of ether oxygens (including phenoxy) is 1. The maximum Gasteiger partial charge on any atom is 0.329 e. The van der Waals surface area contributed by atoms with Crippen LogP contribution in [0.4, 0.5) is 5.82 Å². The van der Waals surface area contributed by atoms with Crippen LogP contribution in [-0.2, 0) is 17.3 Å². The average Bonchev–Trinajstić information content (AvgIpc) is 3.11. The summed E-state index contributed by atoms with van der Waals surface area (Å²) in [5, 5.41) is 0. The van der Waals surface area contributed by atoms with E-state index in [1.54, 1.807) is 18.5 Å². The number of nitrogens with zero attached hydrogens (tertiary/aromatic N) is 4. The van der Waals surface area contributed by atoms with E-state index in [4.69, 9.17) is 20.3 Å². The molecule has 31 heavy (non-hydrogen) atoms. The zero-order valence-corrected chi connectivity index (χ0v) is 18.2. The Balaban J connectivity index is 1.43. The fourth-order valence-electron chi connectivity index (χ4n) is 3.30. The molecule has 0 saturated carbocycles. The summed E-state index contributed by atoms with van der Waals surface area (Å²) in [7, 11) is -4.20. The van der Waals surface area contributed by atoms with Crippen molar-refractivity contribution in [3.8, 4) is 5.75 Å². The van der Waals surface area contributed by atoms with Gasteiger partial charge in [-0.25, -0.2) is 15.0 Å². The number of nitrogen functional groups attached to an aromatic ring is 1. The van der Waals surface area contributed by atoms with Crippen LogP contribution in [0.5, 0.6) is 5.75 Å². The normalized spacial score (nSPS) is 11.7. The number of benzene rings is 1. The number of hydrogen-bond acceptors (Lipinski definition) is 7. The fourth-order valence-corrected chi connectivity index (χ4v) is 3.97. The number of hydrogen-bond donors (Lipinski definition) is 3. The van der Waals surface area contributed by atoms with Crippen molar-refractivity contribution < 1.29 is 23.9 Å². The van der Waals surface area contributed by atoms with Gasteiger partial charge in [-0.2, -0.15) is 0 Å². The molecule has 0 unspecified atom stereocenters. The van der Waals surface area contributed by atoms with Gasteiger partial charge in [-0.1, -0.05) is 18.9 Å². The molecular weight excluding hydrogens is 421 g/mol. The number of anilines is 1. The van der Waals surface area contributed by atoms with Crippen molar-refractivity contribution >= 4 is 30.4 Å². The Morgan fingerprint density at radius 3 is 2.68 bits per heavy atom. The van der Waals surface area contributed by atoms with Crippen LogP contribution in [0.3, 0.4) is 0 Å². The molecule has 4 N–H and O–H groups in total. The molecule has 10 nitrogen and oxygen atoms in total. The Morgan fingerprint density at radius 1 is 1.16 bits per heavy atom. The molecule has 2 heterocycles. The highest BCUT2D eigenvalue weighted by molar-refractivity contribution is 7.50. The van der Waals surface area contributed by atoms with Crippen LogP contribution in [0, 0.1) is 0 Å². The van der Waals surface area contributed by atoms with E-state index in [9.17, 15) is 9.36 Å². The number of ketones is 1. The number of aryl methyl sites for hydroxylation is 1. The summed E-state index contributed by atoms with van der Waals surface area (Å²) in [6.45, 7) is 2.64. The molecule has 166 valence electrons. The van der Waals surface area contributed by atoms with Crippen LogP contribution in [0.1, 0.15) is 48.5 Å². The van der Waals surface area contributed by atoms with E-state index in [1.807, 2.05) is 4.57 Å². The molecule has 0 bridgehead atoms. The van der Waals surface area contributed by atoms with Gasteiger partial charge in [0.2, 0.25) is 0 Å². The Hall–Kier alpha value is -2.81. The molecule has 0 aliphatic rings. The summed E-state index contributed by atoms with van der Waals surface area (Å²) in [6.07, 6.45) is 6.46. The minimum absolute atomic E-state index is 0.209. The molecule has 0 radical (unpaired) electrons. The molecule has 1 aromatic carbocycles. The summed E-state index contributed by atoms with van der Waals surface area (Å²) in [5.41, 5.74) is 7.88. The van der Waals surface area contributed by atoms with Crippen LogP contribution in [-0.4, -0.2) is 41.7 Å². The van der Waals surface area contributed by atoms with Gasteiger partial charge >= 0.3 is 7.60 Å². The van der Waals surface area contributed by atoms with Crippen molar-refractivity contribution in [2.24, 2.45) is 0 Å². The maximum absolute atomic E-state index is 11.9. The number of carbonyl (C=O) groups is 1. The van der Waals surface area contributed by atoms with E-state index in [-0.39, 0.29) is 5.78 Å². The van der Waals surface area contributed by atoms with Gasteiger partial charge in [-0.05, 0) is 37.5 Å². The molecule has 0 fully saturated rings. The smallest absolute Gasteiger partial charge is 0.329 e. The lowest BCUT2D eigenvalue weighted by Gasteiger charge is -2.12. The first-order chi connectivity index (χ1) is 14.7.